The van der Waals surface area contributed by atoms with Crippen LogP contribution >= 0.6 is 0 Å². The Morgan fingerprint density at radius 3 is 1.29 bits per heavy atom. The Labute approximate surface area is 383 Å². The zero-order valence-corrected chi connectivity index (χ0v) is 37.7. The van der Waals surface area contributed by atoms with Crippen molar-refractivity contribution in [2.75, 3.05) is 52.9 Å². The molecule has 5 aromatic carbocycles. The van der Waals surface area contributed by atoms with Gasteiger partial charge in [-0.1, -0.05) is 72.8 Å². The number of aliphatic hydroxyl groups excluding tert-OH is 2. The zero-order chi connectivity index (χ0) is 46.8. The molecule has 2 fully saturated rings. The Morgan fingerprint density at radius 2 is 0.864 bits per heavy atom. The normalized spacial score (nSPS) is 16.8. The molecule has 2 aliphatic rings. The molecular weight excluding hydrogens is 861 g/mol. The molecule has 2 aliphatic heterocycles. The molecule has 0 amide bonds. The molecule has 66 heavy (non-hydrogen) atoms. The van der Waals surface area contributed by atoms with E-state index in [9.17, 15) is 19.0 Å². The lowest BCUT2D eigenvalue weighted by Gasteiger charge is -2.27. The van der Waals surface area contributed by atoms with E-state index in [2.05, 4.69) is 24.3 Å². The van der Waals surface area contributed by atoms with E-state index in [1.54, 1.807) is 12.1 Å². The van der Waals surface area contributed by atoms with Gasteiger partial charge in [-0.15, -0.1) is 0 Å². The number of aliphatic hydroxyl groups is 2. The Bertz CT molecular complexity index is 2290. The summed E-state index contributed by atoms with van der Waals surface area (Å²) in [6.45, 7) is 7.40. The number of epoxide rings is 2. The van der Waals surface area contributed by atoms with Gasteiger partial charge in [0.1, 0.15) is 49.1 Å². The lowest BCUT2D eigenvalue weighted by molar-refractivity contribution is -0.0846. The number of hydrogen-bond donors (Lipinski definition) is 2. The number of ether oxygens (including phenoxy) is 8. The van der Waals surface area contributed by atoms with Gasteiger partial charge < -0.3 is 48.1 Å². The van der Waals surface area contributed by atoms with Crippen molar-refractivity contribution in [2.24, 2.45) is 0 Å². The highest BCUT2D eigenvalue weighted by molar-refractivity contribution is 5.35. The van der Waals surface area contributed by atoms with Gasteiger partial charge in [0, 0.05) is 0 Å². The second-order valence-corrected chi connectivity index (χ2v) is 17.8. The number of hydrogen-bond acceptors (Lipinski definition) is 10. The van der Waals surface area contributed by atoms with Gasteiger partial charge in [0.2, 0.25) is 0 Å². The van der Waals surface area contributed by atoms with Gasteiger partial charge in [0.25, 0.3) is 0 Å². The highest BCUT2D eigenvalue weighted by Crippen LogP contribution is 2.30. The van der Waals surface area contributed by atoms with Crippen molar-refractivity contribution in [1.82, 2.24) is 0 Å². The maximum Gasteiger partial charge on any atom is 0.167 e. The highest BCUT2D eigenvalue weighted by Gasteiger charge is 2.30. The van der Waals surface area contributed by atoms with Gasteiger partial charge in [-0.3, -0.25) is 0 Å². The van der Waals surface area contributed by atoms with Crippen LogP contribution in [0.4, 0.5) is 17.6 Å². The average molecular weight is 919 g/mol. The molecule has 5 aromatic rings. The number of benzene rings is 5. The molecule has 2 saturated heterocycles. The molecule has 354 valence electrons. The maximum atomic E-state index is 15.0. The van der Waals surface area contributed by atoms with Crippen molar-refractivity contribution in [3.05, 3.63) is 165 Å². The summed E-state index contributed by atoms with van der Waals surface area (Å²) in [6, 6.07) is 31.4. The van der Waals surface area contributed by atoms with Crippen LogP contribution in [0, 0.1) is 23.3 Å². The van der Waals surface area contributed by atoms with E-state index < -0.39 is 84.2 Å². The summed E-state index contributed by atoms with van der Waals surface area (Å²) in [5.41, 5.74) is 3.12. The van der Waals surface area contributed by atoms with E-state index in [4.69, 9.17) is 37.9 Å². The van der Waals surface area contributed by atoms with E-state index in [1.165, 1.54) is 0 Å². The maximum absolute atomic E-state index is 15.0. The molecule has 0 saturated carbocycles. The SMILES string of the molecule is CC(C)(OCC(O)COCc1c(F)c(F)c(COCC(O)COc2ccc(Cc3ccc(C(C)(C)OCC4CO4)cc3)cc2)c(F)c1F)c1ccc(Cc2ccc(OCC3CO3)cc2)cc1. The van der Waals surface area contributed by atoms with Gasteiger partial charge in [-0.2, -0.15) is 0 Å². The third kappa shape index (κ3) is 14.1. The molecule has 4 atom stereocenters. The van der Waals surface area contributed by atoms with Crippen LogP contribution in [0.15, 0.2) is 97.1 Å². The lowest BCUT2D eigenvalue weighted by Crippen LogP contribution is -2.29. The Balaban J connectivity index is 0.795. The van der Waals surface area contributed by atoms with Crippen molar-refractivity contribution in [2.45, 2.75) is 89.4 Å². The van der Waals surface area contributed by atoms with Crippen LogP contribution < -0.4 is 9.47 Å². The van der Waals surface area contributed by atoms with Gasteiger partial charge in [-0.25, -0.2) is 17.6 Å². The standard InChI is InChI=1S/C52H58F4O10/c1-51(2,37-13-5-33(6-14-37)22-36-11-19-42(20-12-36)62-27-43-28-63-43)65-26-40(58)24-60-32-46-49(55)47(53)45(48(54)50(46)56)31-59-23-39(57)25-61-41-17-9-35(10-18-41)21-34-7-15-38(16-8-34)52(3,4)66-30-44-29-64-44/h5-20,39-40,43-44,57-58H,21-32H2,1-4H3. The Kier molecular flexibility index (Phi) is 16.5. The Morgan fingerprint density at radius 1 is 0.500 bits per heavy atom. The third-order valence-electron chi connectivity index (χ3n) is 11.5. The highest BCUT2D eigenvalue weighted by atomic mass is 19.2. The summed E-state index contributed by atoms with van der Waals surface area (Å²) in [5, 5.41) is 20.9. The molecule has 0 radical (unpaired) electrons. The van der Waals surface area contributed by atoms with Crippen molar-refractivity contribution in [3.8, 4) is 11.5 Å². The number of halogens is 4. The molecule has 0 spiro atoms. The first-order valence-corrected chi connectivity index (χ1v) is 22.1. The molecule has 0 bridgehead atoms. The second kappa shape index (κ2) is 22.3. The summed E-state index contributed by atoms with van der Waals surface area (Å²) in [6.07, 6.45) is -0.622. The molecule has 2 heterocycles. The van der Waals surface area contributed by atoms with Crippen LogP contribution in [-0.2, 0) is 65.7 Å². The van der Waals surface area contributed by atoms with Gasteiger partial charge in [-0.05, 0) is 98.2 Å². The fraction of sp³-hybridized carbons (Fsp3) is 0.423. The van der Waals surface area contributed by atoms with E-state index in [0.717, 1.165) is 58.8 Å². The first kappa shape index (κ1) is 49.0. The molecule has 4 unspecified atom stereocenters. The third-order valence-corrected chi connectivity index (χ3v) is 11.5. The van der Waals surface area contributed by atoms with Crippen LogP contribution in [0.25, 0.3) is 0 Å². The summed E-state index contributed by atoms with van der Waals surface area (Å²) < 4.78 is 104. The fourth-order valence-corrected chi connectivity index (χ4v) is 7.08. The first-order chi connectivity index (χ1) is 31.6. The van der Waals surface area contributed by atoms with Crippen LogP contribution in [0.1, 0.15) is 72.2 Å². The Hall–Kier alpha value is -4.90. The molecule has 2 N–H and O–H groups in total. The van der Waals surface area contributed by atoms with Crippen molar-refractivity contribution < 1.29 is 65.7 Å². The smallest absolute Gasteiger partial charge is 0.167 e. The topological polar surface area (TPSA) is 121 Å². The predicted molar refractivity (Wildman–Crippen MR) is 237 cm³/mol. The zero-order valence-electron chi connectivity index (χ0n) is 37.7. The van der Waals surface area contributed by atoms with Crippen molar-refractivity contribution in [1.29, 1.82) is 0 Å². The van der Waals surface area contributed by atoms with E-state index in [-0.39, 0.29) is 25.4 Å². The summed E-state index contributed by atoms with van der Waals surface area (Å²) >= 11 is 0. The van der Waals surface area contributed by atoms with Crippen LogP contribution in [0.3, 0.4) is 0 Å². The second-order valence-electron chi connectivity index (χ2n) is 17.8. The first-order valence-electron chi connectivity index (χ1n) is 22.1. The van der Waals surface area contributed by atoms with Crippen molar-refractivity contribution in [3.63, 3.8) is 0 Å². The molecule has 7 rings (SSSR count). The van der Waals surface area contributed by atoms with E-state index in [0.29, 0.717) is 25.4 Å². The lowest BCUT2D eigenvalue weighted by atomic mass is 9.95. The van der Waals surface area contributed by atoms with Gasteiger partial charge in [0.15, 0.2) is 23.3 Å². The molecule has 14 heteroatoms. The molecule has 10 nitrogen and oxygen atoms in total. The van der Waals surface area contributed by atoms with E-state index >= 15 is 8.78 Å². The fourth-order valence-electron chi connectivity index (χ4n) is 7.08. The summed E-state index contributed by atoms with van der Waals surface area (Å²) in [5.74, 6) is -5.31. The van der Waals surface area contributed by atoms with Crippen LogP contribution in [0.5, 0.6) is 11.5 Å². The minimum atomic E-state index is -1.65. The largest absolute Gasteiger partial charge is 0.491 e. The van der Waals surface area contributed by atoms with Gasteiger partial charge in [0.05, 0.1) is 75.2 Å². The molecular formula is C52H58F4O10. The summed E-state index contributed by atoms with van der Waals surface area (Å²) in [7, 11) is 0. The van der Waals surface area contributed by atoms with Gasteiger partial charge >= 0.3 is 0 Å². The minimum Gasteiger partial charge on any atom is -0.491 e. The summed E-state index contributed by atoms with van der Waals surface area (Å²) in [4.78, 5) is 0. The minimum absolute atomic E-state index is 0.188. The number of rotatable bonds is 26. The average Bonchev–Trinajstić information content (AvgIpc) is 4.26. The molecule has 0 aromatic heterocycles. The van der Waals surface area contributed by atoms with Crippen molar-refractivity contribution >= 4 is 0 Å². The van der Waals surface area contributed by atoms with Crippen LogP contribution in [0.2, 0.25) is 0 Å². The van der Waals surface area contributed by atoms with Crippen LogP contribution in [-0.4, -0.2) is 87.5 Å². The molecule has 0 aliphatic carbocycles. The predicted octanol–water partition coefficient (Wildman–Crippen LogP) is 8.64. The monoisotopic (exact) mass is 918 g/mol. The van der Waals surface area contributed by atoms with E-state index in [1.807, 2.05) is 88.4 Å². The quantitative estimate of drug-likeness (QED) is 0.0317.